The molecular weight excluding hydrogens is 396 g/mol. The van der Waals surface area contributed by atoms with E-state index in [0.717, 1.165) is 37.4 Å². The molecule has 2 aromatic heterocycles. The molecule has 3 unspecified atom stereocenters. The lowest BCUT2D eigenvalue weighted by Gasteiger charge is -2.29. The monoisotopic (exact) mass is 420 g/mol. The highest BCUT2D eigenvalue weighted by Gasteiger charge is 2.43. The fraction of sp³-hybridized carbons (Fsp3) is 0.304. The second-order valence-electron chi connectivity index (χ2n) is 7.71. The average molecular weight is 421 g/mol. The zero-order chi connectivity index (χ0) is 20.5. The lowest BCUT2D eigenvalue weighted by molar-refractivity contribution is 0.0961. The number of phenols is 1. The molecule has 2 aliphatic rings. The van der Waals surface area contributed by atoms with Gasteiger partial charge in [0.15, 0.2) is 5.11 Å². The summed E-state index contributed by atoms with van der Waals surface area (Å²) in [5.74, 6) is 0.200. The standard InChI is InChI=1S/C23H24N4O2S/c28-20-11-2-1-9-18(20)27-22(21(25-23(27)30)17-8-3-4-12-24-17)19-10-5-13-26(19)15-16-7-6-14-29-16/h1-5,8-13,16,21-22,28H,6-7,14-15H2,(H,25,30). The maximum Gasteiger partial charge on any atom is 0.174 e. The smallest absolute Gasteiger partial charge is 0.174 e. The molecule has 2 aliphatic heterocycles. The summed E-state index contributed by atoms with van der Waals surface area (Å²) in [6, 6.07) is 17.1. The molecule has 30 heavy (non-hydrogen) atoms. The van der Waals surface area contributed by atoms with Crippen molar-refractivity contribution in [1.29, 1.82) is 0 Å². The molecule has 0 radical (unpaired) electrons. The summed E-state index contributed by atoms with van der Waals surface area (Å²) in [4.78, 5) is 6.60. The molecule has 154 valence electrons. The first kappa shape index (κ1) is 19.1. The van der Waals surface area contributed by atoms with E-state index in [1.54, 1.807) is 12.3 Å². The molecule has 2 saturated heterocycles. The fourth-order valence-electron chi connectivity index (χ4n) is 4.45. The van der Waals surface area contributed by atoms with Crippen LogP contribution in [0.3, 0.4) is 0 Å². The van der Waals surface area contributed by atoms with Gasteiger partial charge in [-0.25, -0.2) is 0 Å². The number of thiocarbonyl (C=S) groups is 1. The first-order chi connectivity index (χ1) is 14.7. The quantitative estimate of drug-likeness (QED) is 0.610. The largest absolute Gasteiger partial charge is 0.506 e. The van der Waals surface area contributed by atoms with Gasteiger partial charge >= 0.3 is 0 Å². The Kier molecular flexibility index (Phi) is 5.14. The molecule has 3 atom stereocenters. The number of phenolic OH excluding ortho intramolecular Hbond substituents is 1. The normalized spacial score (nSPS) is 23.7. The number of pyridine rings is 1. The van der Waals surface area contributed by atoms with Crippen LogP contribution >= 0.6 is 12.2 Å². The average Bonchev–Trinajstić information content (AvgIpc) is 3.50. The fourth-order valence-corrected chi connectivity index (χ4v) is 4.79. The van der Waals surface area contributed by atoms with E-state index < -0.39 is 0 Å². The Labute approximate surface area is 181 Å². The molecular formula is C23H24N4O2S. The molecule has 1 aromatic carbocycles. The third-order valence-corrected chi connectivity index (χ3v) is 6.15. The van der Waals surface area contributed by atoms with Crippen LogP contribution in [0.15, 0.2) is 67.0 Å². The Balaban J connectivity index is 1.59. The molecule has 2 fully saturated rings. The zero-order valence-corrected chi connectivity index (χ0v) is 17.3. The van der Waals surface area contributed by atoms with Gasteiger partial charge in [-0.3, -0.25) is 4.98 Å². The Bertz CT molecular complexity index is 1030. The third kappa shape index (κ3) is 3.44. The van der Waals surface area contributed by atoms with Crippen molar-refractivity contribution in [2.24, 2.45) is 0 Å². The second kappa shape index (κ2) is 8.08. The minimum absolute atomic E-state index is 0.142. The van der Waals surface area contributed by atoms with Crippen molar-refractivity contribution < 1.29 is 9.84 Å². The van der Waals surface area contributed by atoms with Crippen molar-refractivity contribution in [2.45, 2.75) is 37.6 Å². The highest BCUT2D eigenvalue weighted by molar-refractivity contribution is 7.80. The van der Waals surface area contributed by atoms with Crippen LogP contribution in [0.1, 0.15) is 36.3 Å². The van der Waals surface area contributed by atoms with Gasteiger partial charge in [-0.05, 0) is 61.5 Å². The van der Waals surface area contributed by atoms with Crippen LogP contribution in [0.2, 0.25) is 0 Å². The third-order valence-electron chi connectivity index (χ3n) is 5.83. The number of nitrogens with zero attached hydrogens (tertiary/aromatic N) is 3. The lowest BCUT2D eigenvalue weighted by Crippen LogP contribution is -2.31. The summed E-state index contributed by atoms with van der Waals surface area (Å²) in [5.41, 5.74) is 2.70. The maximum atomic E-state index is 10.6. The molecule has 5 rings (SSSR count). The van der Waals surface area contributed by atoms with Crippen molar-refractivity contribution in [3.05, 3.63) is 78.4 Å². The minimum Gasteiger partial charge on any atom is -0.506 e. The summed E-state index contributed by atoms with van der Waals surface area (Å²) < 4.78 is 8.13. The van der Waals surface area contributed by atoms with Crippen LogP contribution in [0, 0.1) is 0 Å². The van der Waals surface area contributed by atoms with E-state index in [0.29, 0.717) is 10.8 Å². The summed E-state index contributed by atoms with van der Waals surface area (Å²) in [7, 11) is 0. The van der Waals surface area contributed by atoms with Gasteiger partial charge in [0.05, 0.1) is 23.5 Å². The van der Waals surface area contributed by atoms with Gasteiger partial charge in [0.1, 0.15) is 11.8 Å². The number of hydrogen-bond donors (Lipinski definition) is 2. The molecule has 0 saturated carbocycles. The van der Waals surface area contributed by atoms with Gasteiger partial charge in [0, 0.05) is 31.2 Å². The van der Waals surface area contributed by atoms with Gasteiger partial charge in [-0.1, -0.05) is 18.2 Å². The van der Waals surface area contributed by atoms with Crippen LogP contribution in [-0.4, -0.2) is 32.5 Å². The van der Waals surface area contributed by atoms with Crippen molar-refractivity contribution >= 4 is 23.0 Å². The van der Waals surface area contributed by atoms with Gasteiger partial charge < -0.3 is 24.6 Å². The number of para-hydroxylation sites is 2. The van der Waals surface area contributed by atoms with E-state index in [2.05, 4.69) is 33.2 Å². The van der Waals surface area contributed by atoms with Crippen LogP contribution in [0.25, 0.3) is 0 Å². The minimum atomic E-state index is -0.155. The first-order valence-corrected chi connectivity index (χ1v) is 10.7. The second-order valence-corrected chi connectivity index (χ2v) is 8.09. The molecule has 6 nitrogen and oxygen atoms in total. The number of rotatable bonds is 5. The molecule has 0 amide bonds. The van der Waals surface area contributed by atoms with Crippen LogP contribution in [0.4, 0.5) is 5.69 Å². The van der Waals surface area contributed by atoms with Gasteiger partial charge in [0.2, 0.25) is 0 Å². The predicted molar refractivity (Wildman–Crippen MR) is 119 cm³/mol. The van der Waals surface area contributed by atoms with E-state index in [1.165, 1.54) is 0 Å². The van der Waals surface area contributed by atoms with E-state index in [9.17, 15) is 5.11 Å². The van der Waals surface area contributed by atoms with Gasteiger partial charge in [-0.2, -0.15) is 0 Å². The number of ether oxygens (including phenoxy) is 1. The molecule has 0 bridgehead atoms. The molecule has 3 aromatic rings. The molecule has 4 heterocycles. The van der Waals surface area contributed by atoms with Crippen LogP contribution in [0.5, 0.6) is 5.75 Å². The predicted octanol–water partition coefficient (Wildman–Crippen LogP) is 3.94. The number of aromatic hydroxyl groups is 1. The zero-order valence-electron chi connectivity index (χ0n) is 16.5. The summed E-state index contributed by atoms with van der Waals surface area (Å²) >= 11 is 5.74. The number of aromatic nitrogens is 2. The number of hydrogen-bond acceptors (Lipinski definition) is 4. The SMILES string of the molecule is Oc1ccccc1N1C(=S)NC(c2ccccn2)C1c1cccn1CC1CCCO1. The maximum absolute atomic E-state index is 10.6. The Morgan fingerprint density at radius 2 is 2.00 bits per heavy atom. The number of benzene rings is 1. The van der Waals surface area contributed by atoms with Crippen molar-refractivity contribution in [3.63, 3.8) is 0 Å². The molecule has 2 N–H and O–H groups in total. The van der Waals surface area contributed by atoms with Crippen molar-refractivity contribution in [3.8, 4) is 5.75 Å². The van der Waals surface area contributed by atoms with Crippen LogP contribution < -0.4 is 10.2 Å². The topological polar surface area (TPSA) is 62.5 Å². The van der Waals surface area contributed by atoms with Gasteiger partial charge in [0.25, 0.3) is 0 Å². The summed E-state index contributed by atoms with van der Waals surface area (Å²) in [6.07, 6.45) is 6.30. The molecule has 0 spiro atoms. The summed E-state index contributed by atoms with van der Waals surface area (Å²) in [6.45, 7) is 1.63. The molecule has 0 aliphatic carbocycles. The summed E-state index contributed by atoms with van der Waals surface area (Å²) in [5, 5.41) is 14.6. The number of nitrogens with one attached hydrogen (secondary N) is 1. The van der Waals surface area contributed by atoms with E-state index in [-0.39, 0.29) is 23.9 Å². The Hall–Kier alpha value is -2.90. The Morgan fingerprint density at radius 1 is 1.13 bits per heavy atom. The number of anilines is 1. The highest BCUT2D eigenvalue weighted by atomic mass is 32.1. The Morgan fingerprint density at radius 3 is 2.77 bits per heavy atom. The van der Waals surface area contributed by atoms with Crippen LogP contribution in [-0.2, 0) is 11.3 Å². The first-order valence-electron chi connectivity index (χ1n) is 10.3. The van der Waals surface area contributed by atoms with Crippen molar-refractivity contribution in [1.82, 2.24) is 14.9 Å². The van der Waals surface area contributed by atoms with E-state index in [4.69, 9.17) is 17.0 Å². The van der Waals surface area contributed by atoms with Crippen molar-refractivity contribution in [2.75, 3.05) is 11.5 Å². The molecule has 7 heteroatoms. The van der Waals surface area contributed by atoms with E-state index >= 15 is 0 Å². The highest BCUT2D eigenvalue weighted by Crippen LogP contribution is 2.44. The lowest BCUT2D eigenvalue weighted by atomic mass is 10.0. The van der Waals surface area contributed by atoms with Gasteiger partial charge in [-0.15, -0.1) is 0 Å². The van der Waals surface area contributed by atoms with E-state index in [1.807, 2.05) is 41.3 Å².